The highest BCUT2D eigenvalue weighted by Gasteiger charge is 2.23. The molecule has 4 N–H and O–H groups in total. The van der Waals surface area contributed by atoms with Crippen LogP contribution in [0.4, 0.5) is 0 Å². The van der Waals surface area contributed by atoms with E-state index in [9.17, 15) is 14.4 Å². The van der Waals surface area contributed by atoms with E-state index in [1.54, 1.807) is 0 Å². The van der Waals surface area contributed by atoms with Crippen molar-refractivity contribution in [3.05, 3.63) is 12.2 Å². The van der Waals surface area contributed by atoms with Gasteiger partial charge in [-0.05, 0) is 18.8 Å². The van der Waals surface area contributed by atoms with Gasteiger partial charge in [-0.3, -0.25) is 9.59 Å². The molecule has 0 bridgehead atoms. The molecule has 0 heterocycles. The van der Waals surface area contributed by atoms with Crippen LogP contribution in [0.2, 0.25) is 0 Å². The van der Waals surface area contributed by atoms with E-state index in [0.29, 0.717) is 0 Å². The van der Waals surface area contributed by atoms with Crippen LogP contribution in [0.25, 0.3) is 0 Å². The molecule has 94 valence electrons. The van der Waals surface area contributed by atoms with E-state index in [2.05, 4.69) is 5.32 Å². The van der Waals surface area contributed by atoms with Crippen molar-refractivity contribution in [2.24, 2.45) is 11.7 Å². The molecule has 2 atom stereocenters. The molecule has 0 saturated carbocycles. The summed E-state index contributed by atoms with van der Waals surface area (Å²) >= 11 is 0. The summed E-state index contributed by atoms with van der Waals surface area (Å²) in [7, 11) is 0. The van der Waals surface area contributed by atoms with Crippen LogP contribution in [0.5, 0.6) is 0 Å². The molecule has 0 aromatic rings. The van der Waals surface area contributed by atoms with Gasteiger partial charge in [0.25, 0.3) is 0 Å². The van der Waals surface area contributed by atoms with Crippen molar-refractivity contribution in [2.45, 2.75) is 31.7 Å². The first-order chi connectivity index (χ1) is 7.99. The van der Waals surface area contributed by atoms with Crippen LogP contribution in [0.1, 0.15) is 25.7 Å². The highest BCUT2D eigenvalue weighted by Crippen LogP contribution is 2.20. The number of carboxylic acid groups (broad SMARTS) is 1. The average molecular weight is 240 g/mol. The van der Waals surface area contributed by atoms with Gasteiger partial charge in [0.15, 0.2) is 0 Å². The minimum atomic E-state index is -1.25. The molecule has 17 heavy (non-hydrogen) atoms. The summed E-state index contributed by atoms with van der Waals surface area (Å²) in [6.45, 7) is 0. The molecule has 0 radical (unpaired) electrons. The molecule has 6 nitrogen and oxygen atoms in total. The van der Waals surface area contributed by atoms with Gasteiger partial charge in [-0.2, -0.15) is 0 Å². The first kappa shape index (κ1) is 13.2. The third-order valence-electron chi connectivity index (χ3n) is 2.60. The number of aliphatic carboxylic acids is 1. The van der Waals surface area contributed by atoms with Crippen molar-refractivity contribution in [1.29, 1.82) is 0 Å². The van der Waals surface area contributed by atoms with Crippen LogP contribution in [0.3, 0.4) is 0 Å². The quantitative estimate of drug-likeness (QED) is 0.558. The Morgan fingerprint density at radius 3 is 2.65 bits per heavy atom. The topological polar surface area (TPSA) is 109 Å². The van der Waals surface area contributed by atoms with Gasteiger partial charge >= 0.3 is 5.97 Å². The van der Waals surface area contributed by atoms with E-state index < -0.39 is 17.9 Å². The Hall–Kier alpha value is -1.85. The zero-order valence-electron chi connectivity index (χ0n) is 9.39. The van der Waals surface area contributed by atoms with E-state index in [1.165, 1.54) is 0 Å². The number of carbonyl (C=O) groups is 3. The van der Waals surface area contributed by atoms with E-state index in [-0.39, 0.29) is 24.7 Å². The highest BCUT2D eigenvalue weighted by molar-refractivity contribution is 5.88. The van der Waals surface area contributed by atoms with Crippen molar-refractivity contribution < 1.29 is 19.5 Å². The fourth-order valence-electron chi connectivity index (χ4n) is 1.76. The molecule has 0 aliphatic heterocycles. The third-order valence-corrected chi connectivity index (χ3v) is 2.60. The van der Waals surface area contributed by atoms with Gasteiger partial charge in [-0.15, -0.1) is 0 Å². The Morgan fingerprint density at radius 1 is 1.47 bits per heavy atom. The number of amides is 2. The predicted molar refractivity (Wildman–Crippen MR) is 59.9 cm³/mol. The zero-order valence-corrected chi connectivity index (χ0v) is 9.39. The lowest BCUT2D eigenvalue weighted by atomic mass is 10.0. The maximum atomic E-state index is 11.5. The minimum Gasteiger partial charge on any atom is -0.480 e. The molecule has 0 spiro atoms. The van der Waals surface area contributed by atoms with Gasteiger partial charge in [0.2, 0.25) is 11.8 Å². The fourth-order valence-corrected chi connectivity index (χ4v) is 1.76. The molecule has 0 saturated heterocycles. The van der Waals surface area contributed by atoms with Crippen molar-refractivity contribution in [3.63, 3.8) is 0 Å². The van der Waals surface area contributed by atoms with Gasteiger partial charge in [-0.25, -0.2) is 4.79 Å². The Bertz CT molecular complexity index is 351. The van der Waals surface area contributed by atoms with Crippen molar-refractivity contribution in [1.82, 2.24) is 5.32 Å². The van der Waals surface area contributed by atoms with E-state index in [4.69, 9.17) is 10.8 Å². The number of nitrogens with one attached hydrogen (secondary N) is 1. The molecule has 0 aromatic heterocycles. The van der Waals surface area contributed by atoms with Crippen LogP contribution in [-0.4, -0.2) is 28.9 Å². The van der Waals surface area contributed by atoms with Crippen molar-refractivity contribution in [2.75, 3.05) is 0 Å². The Kier molecular flexibility index (Phi) is 4.68. The van der Waals surface area contributed by atoms with Crippen LogP contribution < -0.4 is 11.1 Å². The van der Waals surface area contributed by atoms with Crippen LogP contribution >= 0.6 is 0 Å². The van der Waals surface area contributed by atoms with Gasteiger partial charge in [-0.1, -0.05) is 12.2 Å². The number of primary amides is 1. The maximum absolute atomic E-state index is 11.5. The molecule has 1 aliphatic carbocycles. The number of carbonyl (C=O) groups excluding carboxylic acids is 2. The monoisotopic (exact) mass is 240 g/mol. The molecular weight excluding hydrogens is 224 g/mol. The number of hydrogen-bond donors (Lipinski definition) is 3. The normalized spacial score (nSPS) is 19.9. The van der Waals surface area contributed by atoms with Crippen LogP contribution in [-0.2, 0) is 14.4 Å². The summed E-state index contributed by atoms with van der Waals surface area (Å²) < 4.78 is 0. The van der Waals surface area contributed by atoms with E-state index in [1.807, 2.05) is 12.2 Å². The average Bonchev–Trinajstić information content (AvgIpc) is 2.68. The second-order valence-corrected chi connectivity index (χ2v) is 4.10. The maximum Gasteiger partial charge on any atom is 0.326 e. The molecule has 0 aromatic carbocycles. The number of hydrogen-bond acceptors (Lipinski definition) is 3. The number of rotatable bonds is 6. The summed E-state index contributed by atoms with van der Waals surface area (Å²) in [6.07, 6.45) is 5.66. The van der Waals surface area contributed by atoms with Gasteiger partial charge in [0.05, 0.1) is 6.42 Å². The Labute approximate surface area is 98.9 Å². The molecule has 1 unspecified atom stereocenters. The minimum absolute atomic E-state index is 0.165. The first-order valence-electron chi connectivity index (χ1n) is 5.46. The van der Waals surface area contributed by atoms with Crippen LogP contribution in [0.15, 0.2) is 12.2 Å². The standard InChI is InChI=1S/C11H16N2O4/c12-9(14)6-8(11(16)17)13-10(15)5-7-3-1-2-4-7/h1,3,7-8H,2,4-6H2,(H2,12,14)(H,13,15)(H,16,17)/t7?,8-/m0/s1. The fraction of sp³-hybridized carbons (Fsp3) is 0.545. The second-order valence-electron chi connectivity index (χ2n) is 4.10. The summed E-state index contributed by atoms with van der Waals surface area (Å²) in [6, 6.07) is -1.23. The molecule has 0 fully saturated rings. The van der Waals surface area contributed by atoms with Crippen molar-refractivity contribution >= 4 is 17.8 Å². The lowest BCUT2D eigenvalue weighted by Crippen LogP contribution is -2.43. The first-order valence-corrected chi connectivity index (χ1v) is 5.46. The lowest BCUT2D eigenvalue weighted by Gasteiger charge is -2.14. The molecular formula is C11H16N2O4. The smallest absolute Gasteiger partial charge is 0.326 e. The number of allylic oxidation sites excluding steroid dienone is 2. The summed E-state index contributed by atoms with van der Waals surface area (Å²) in [4.78, 5) is 32.9. The molecule has 1 rings (SSSR count). The number of nitrogens with two attached hydrogens (primary N) is 1. The van der Waals surface area contributed by atoms with E-state index in [0.717, 1.165) is 12.8 Å². The zero-order chi connectivity index (χ0) is 12.8. The van der Waals surface area contributed by atoms with E-state index >= 15 is 0 Å². The van der Waals surface area contributed by atoms with Gasteiger partial charge in [0, 0.05) is 6.42 Å². The van der Waals surface area contributed by atoms with Gasteiger partial charge < -0.3 is 16.2 Å². The predicted octanol–water partition coefficient (Wildman–Crippen LogP) is -0.213. The number of carboxylic acids is 1. The molecule has 6 heteroatoms. The molecule has 2 amide bonds. The van der Waals surface area contributed by atoms with Gasteiger partial charge in [0.1, 0.15) is 6.04 Å². The largest absolute Gasteiger partial charge is 0.480 e. The highest BCUT2D eigenvalue weighted by atomic mass is 16.4. The molecule has 1 aliphatic rings. The lowest BCUT2D eigenvalue weighted by molar-refractivity contribution is -0.143. The summed E-state index contributed by atoms with van der Waals surface area (Å²) in [5.74, 6) is -2.20. The second kappa shape index (κ2) is 6.03. The van der Waals surface area contributed by atoms with Crippen molar-refractivity contribution in [3.8, 4) is 0 Å². The Balaban J connectivity index is 2.43. The Morgan fingerprint density at radius 2 is 2.18 bits per heavy atom. The third kappa shape index (κ3) is 4.67. The van der Waals surface area contributed by atoms with Crippen LogP contribution in [0, 0.1) is 5.92 Å². The SMILES string of the molecule is NC(=O)C[C@H](NC(=O)CC1C=CCC1)C(=O)O. The summed E-state index contributed by atoms with van der Waals surface area (Å²) in [5, 5.41) is 11.1. The summed E-state index contributed by atoms with van der Waals surface area (Å²) in [5.41, 5.74) is 4.91.